The molecule has 0 saturated carbocycles. The Kier molecular flexibility index (Phi) is 3.46. The maximum Gasteiger partial charge on any atom is 0.311 e. The number of benzene rings is 1. The first kappa shape index (κ1) is 13.8. The van der Waals surface area contributed by atoms with Gasteiger partial charge in [0.05, 0.1) is 11.0 Å². The van der Waals surface area contributed by atoms with E-state index < -0.39 is 26.6 Å². The molecular weight excluding hydrogens is 272 g/mol. The largest absolute Gasteiger partial charge is 0.391 e. The molecular formula is C11H14N2O5S. The number of aliphatic hydroxyl groups excluding tert-OH is 1. The van der Waals surface area contributed by atoms with Crippen molar-refractivity contribution in [1.82, 2.24) is 0 Å². The van der Waals surface area contributed by atoms with Crippen LogP contribution in [-0.2, 0) is 9.84 Å². The van der Waals surface area contributed by atoms with Crippen LogP contribution < -0.4 is 4.90 Å². The van der Waals surface area contributed by atoms with E-state index in [1.807, 2.05) is 0 Å². The monoisotopic (exact) mass is 286 g/mol. The molecule has 1 aromatic rings. The molecule has 1 aliphatic heterocycles. The lowest BCUT2D eigenvalue weighted by molar-refractivity contribution is -0.387. The van der Waals surface area contributed by atoms with Crippen LogP contribution >= 0.6 is 0 Å². The van der Waals surface area contributed by atoms with Gasteiger partial charge in [0.2, 0.25) is 0 Å². The molecule has 0 bridgehead atoms. The fourth-order valence-electron chi connectivity index (χ4n) is 2.21. The molecule has 1 heterocycles. The van der Waals surface area contributed by atoms with Crippen LogP contribution in [0.2, 0.25) is 0 Å². The van der Waals surface area contributed by atoms with E-state index in [1.165, 1.54) is 18.2 Å². The molecule has 0 radical (unpaired) electrons. The Morgan fingerprint density at radius 1 is 1.47 bits per heavy atom. The molecule has 1 fully saturated rings. The molecule has 1 saturated heterocycles. The van der Waals surface area contributed by atoms with E-state index in [4.69, 9.17) is 0 Å². The fraction of sp³-hybridized carbons (Fsp3) is 0.455. The van der Waals surface area contributed by atoms with Crippen LogP contribution in [0.25, 0.3) is 0 Å². The van der Waals surface area contributed by atoms with Crippen molar-refractivity contribution in [2.75, 3.05) is 24.2 Å². The van der Waals surface area contributed by atoms with Gasteiger partial charge in [-0.1, -0.05) is 6.07 Å². The molecule has 0 aliphatic carbocycles. The van der Waals surface area contributed by atoms with Crippen molar-refractivity contribution >= 4 is 21.2 Å². The first-order chi connectivity index (χ1) is 8.80. The van der Waals surface area contributed by atoms with Crippen molar-refractivity contribution in [1.29, 1.82) is 0 Å². The van der Waals surface area contributed by atoms with Crippen molar-refractivity contribution in [3.63, 3.8) is 0 Å². The number of nitro groups is 1. The van der Waals surface area contributed by atoms with E-state index in [9.17, 15) is 23.6 Å². The van der Waals surface area contributed by atoms with Gasteiger partial charge in [0.25, 0.3) is 0 Å². The summed E-state index contributed by atoms with van der Waals surface area (Å²) < 4.78 is 23.2. The Bertz CT molecular complexity index is 614. The second-order valence-corrected chi connectivity index (χ2v) is 6.53. The van der Waals surface area contributed by atoms with Gasteiger partial charge in [-0.3, -0.25) is 10.1 Å². The third kappa shape index (κ3) is 2.69. The van der Waals surface area contributed by atoms with Crippen molar-refractivity contribution in [2.24, 2.45) is 0 Å². The van der Waals surface area contributed by atoms with E-state index in [2.05, 4.69) is 0 Å². The van der Waals surface area contributed by atoms with Crippen LogP contribution in [0.15, 0.2) is 23.1 Å². The van der Waals surface area contributed by atoms with Gasteiger partial charge in [0, 0.05) is 19.3 Å². The van der Waals surface area contributed by atoms with Gasteiger partial charge in [-0.2, -0.15) is 0 Å². The summed E-state index contributed by atoms with van der Waals surface area (Å²) in [5.74, 6) is 0. The minimum Gasteiger partial charge on any atom is -0.391 e. The normalized spacial score (nSPS) is 19.7. The minimum absolute atomic E-state index is 0.240. The molecule has 1 aromatic carbocycles. The minimum atomic E-state index is -3.67. The van der Waals surface area contributed by atoms with Gasteiger partial charge in [0.15, 0.2) is 9.84 Å². The number of nitrogens with zero attached hydrogens (tertiary/aromatic N) is 2. The molecule has 2 rings (SSSR count). The lowest BCUT2D eigenvalue weighted by Gasteiger charge is -2.18. The van der Waals surface area contributed by atoms with Gasteiger partial charge in [0.1, 0.15) is 10.6 Å². The summed E-state index contributed by atoms with van der Waals surface area (Å²) in [4.78, 5) is 11.8. The van der Waals surface area contributed by atoms with E-state index in [1.54, 1.807) is 4.90 Å². The Labute approximate surface area is 110 Å². The third-order valence-electron chi connectivity index (χ3n) is 3.06. The fourth-order valence-corrected chi connectivity index (χ4v) is 3.07. The highest BCUT2D eigenvalue weighted by Crippen LogP contribution is 2.36. The molecule has 7 nitrogen and oxygen atoms in total. The Morgan fingerprint density at radius 2 is 2.16 bits per heavy atom. The molecule has 0 spiro atoms. The molecule has 19 heavy (non-hydrogen) atoms. The van der Waals surface area contributed by atoms with E-state index in [0.29, 0.717) is 13.0 Å². The summed E-state index contributed by atoms with van der Waals surface area (Å²) in [5, 5.41) is 20.7. The first-order valence-corrected chi connectivity index (χ1v) is 7.60. The lowest BCUT2D eigenvalue weighted by Crippen LogP contribution is -2.22. The average molecular weight is 286 g/mol. The Balaban J connectivity index is 2.59. The Hall–Kier alpha value is -1.67. The summed E-state index contributed by atoms with van der Waals surface area (Å²) in [5.41, 5.74) is -0.177. The first-order valence-electron chi connectivity index (χ1n) is 5.71. The highest BCUT2D eigenvalue weighted by molar-refractivity contribution is 7.90. The summed E-state index contributed by atoms with van der Waals surface area (Å²) in [7, 11) is -3.67. The van der Waals surface area contributed by atoms with Gasteiger partial charge >= 0.3 is 5.69 Å². The number of aliphatic hydroxyl groups is 1. The predicted molar refractivity (Wildman–Crippen MR) is 69.0 cm³/mol. The smallest absolute Gasteiger partial charge is 0.311 e. The SMILES string of the molecule is CS(=O)(=O)c1cccc(N2CC[C@@H](O)C2)c1[N+](=O)[O-]. The Morgan fingerprint density at radius 3 is 2.63 bits per heavy atom. The summed E-state index contributed by atoms with van der Waals surface area (Å²) in [6.07, 6.45) is 0.916. The number of nitro benzene ring substituents is 1. The highest BCUT2D eigenvalue weighted by atomic mass is 32.2. The number of sulfone groups is 1. The maximum atomic E-state index is 11.6. The van der Waals surface area contributed by atoms with E-state index in [0.717, 1.165) is 6.26 Å². The van der Waals surface area contributed by atoms with Gasteiger partial charge in [-0.25, -0.2) is 8.42 Å². The zero-order valence-electron chi connectivity index (χ0n) is 10.3. The predicted octanol–water partition coefficient (Wildman–Crippen LogP) is 0.569. The van der Waals surface area contributed by atoms with Crippen LogP contribution in [0.3, 0.4) is 0 Å². The second-order valence-electron chi connectivity index (χ2n) is 4.54. The molecule has 104 valence electrons. The van der Waals surface area contributed by atoms with E-state index >= 15 is 0 Å². The summed E-state index contributed by atoms with van der Waals surface area (Å²) in [6, 6.07) is 4.21. The number of anilines is 1. The number of para-hydroxylation sites is 1. The number of rotatable bonds is 3. The number of β-amino-alcohol motifs (C(OH)–C–C–N with tert-alkyl or cyclic N) is 1. The highest BCUT2D eigenvalue weighted by Gasteiger charge is 2.31. The third-order valence-corrected chi connectivity index (χ3v) is 4.19. The van der Waals surface area contributed by atoms with Crippen molar-refractivity contribution in [2.45, 2.75) is 17.4 Å². The van der Waals surface area contributed by atoms with E-state index in [-0.39, 0.29) is 17.1 Å². The lowest BCUT2D eigenvalue weighted by atomic mass is 10.2. The zero-order valence-corrected chi connectivity index (χ0v) is 11.1. The molecule has 1 atom stereocenters. The summed E-state index contributed by atoms with van der Waals surface area (Å²) >= 11 is 0. The van der Waals surface area contributed by atoms with Crippen molar-refractivity contribution < 1.29 is 18.4 Å². The van der Waals surface area contributed by atoms with Crippen LogP contribution in [0.1, 0.15) is 6.42 Å². The summed E-state index contributed by atoms with van der Waals surface area (Å²) in [6.45, 7) is 0.739. The molecule has 1 N–H and O–H groups in total. The number of hydrogen-bond acceptors (Lipinski definition) is 6. The van der Waals surface area contributed by atoms with Crippen LogP contribution in [0, 0.1) is 10.1 Å². The molecule has 0 unspecified atom stereocenters. The van der Waals surface area contributed by atoms with Crippen LogP contribution in [0.4, 0.5) is 11.4 Å². The number of hydrogen-bond donors (Lipinski definition) is 1. The average Bonchev–Trinajstić information content (AvgIpc) is 2.73. The second kappa shape index (κ2) is 4.78. The zero-order chi connectivity index (χ0) is 14.2. The van der Waals surface area contributed by atoms with Gasteiger partial charge < -0.3 is 10.0 Å². The van der Waals surface area contributed by atoms with Crippen molar-refractivity contribution in [3.8, 4) is 0 Å². The van der Waals surface area contributed by atoms with Crippen LogP contribution in [-0.4, -0.2) is 43.9 Å². The molecule has 0 amide bonds. The molecule has 1 aliphatic rings. The standard InChI is InChI=1S/C11H14N2O5S/c1-19(17,18)10-4-2-3-9(11(10)13(15)16)12-6-5-8(14)7-12/h2-4,8,14H,5-7H2,1H3/t8-/m1/s1. The van der Waals surface area contributed by atoms with Gasteiger partial charge in [-0.15, -0.1) is 0 Å². The molecule has 8 heteroatoms. The maximum absolute atomic E-state index is 11.6. The van der Waals surface area contributed by atoms with Gasteiger partial charge in [-0.05, 0) is 18.6 Å². The van der Waals surface area contributed by atoms with Crippen LogP contribution in [0.5, 0.6) is 0 Å². The van der Waals surface area contributed by atoms with Crippen molar-refractivity contribution in [3.05, 3.63) is 28.3 Å². The quantitative estimate of drug-likeness (QED) is 0.644. The molecule has 0 aromatic heterocycles. The topological polar surface area (TPSA) is 101 Å².